The fourth-order valence-electron chi connectivity index (χ4n) is 4.15. The molecule has 0 spiro atoms. The molecule has 2 N–H and O–H groups in total. The molecule has 0 fully saturated rings. The zero-order valence-electron chi connectivity index (χ0n) is 21.5. The predicted molar refractivity (Wildman–Crippen MR) is 149 cm³/mol. The molecule has 7 heteroatoms. The number of hydrogen-bond acceptors (Lipinski definition) is 6. The first-order valence-electron chi connectivity index (χ1n) is 12.7. The lowest BCUT2D eigenvalue weighted by Gasteiger charge is -2.13. The van der Waals surface area contributed by atoms with Crippen LogP contribution in [0.1, 0.15) is 55.1 Å². The van der Waals surface area contributed by atoms with Gasteiger partial charge in [-0.3, -0.25) is 4.79 Å². The summed E-state index contributed by atoms with van der Waals surface area (Å²) < 4.78 is 0. The maximum atomic E-state index is 13.3. The van der Waals surface area contributed by atoms with Crippen molar-refractivity contribution >= 4 is 34.7 Å². The molecule has 0 saturated carbocycles. The molecule has 1 amide bonds. The van der Waals surface area contributed by atoms with Gasteiger partial charge in [0.05, 0.1) is 28.2 Å². The molecule has 3 aromatic rings. The first-order chi connectivity index (χ1) is 18.0. The molecule has 190 valence electrons. The van der Waals surface area contributed by atoms with Gasteiger partial charge in [0.1, 0.15) is 0 Å². The lowest BCUT2D eigenvalue weighted by molar-refractivity contribution is -0.114. The van der Waals surface area contributed by atoms with Crippen LogP contribution >= 0.6 is 0 Å². The highest BCUT2D eigenvalue weighted by Gasteiger charge is 2.30. The Hall–Kier alpha value is -4.39. The molecule has 37 heavy (non-hydrogen) atoms. The molecule has 7 nitrogen and oxygen atoms in total. The quantitative estimate of drug-likeness (QED) is 0.247. The highest BCUT2D eigenvalue weighted by Crippen LogP contribution is 2.27. The molecule has 0 aromatic heterocycles. The number of benzene rings is 3. The highest BCUT2D eigenvalue weighted by molar-refractivity contribution is 6.30. The van der Waals surface area contributed by atoms with Gasteiger partial charge in [0.25, 0.3) is 5.91 Å². The van der Waals surface area contributed by atoms with Crippen molar-refractivity contribution in [3.63, 3.8) is 0 Å². The fourth-order valence-corrected chi connectivity index (χ4v) is 4.15. The molecule has 0 radical (unpaired) electrons. The van der Waals surface area contributed by atoms with E-state index in [1.54, 1.807) is 30.5 Å². The summed E-state index contributed by atoms with van der Waals surface area (Å²) in [7, 11) is 0. The average molecular weight is 497 g/mol. The largest absolute Gasteiger partial charge is 0.362 e. The number of hydrogen-bond donors (Lipinski definition) is 2. The number of amides is 1. The number of aryl methyl sites for hydroxylation is 2. The van der Waals surface area contributed by atoms with Crippen molar-refractivity contribution < 1.29 is 14.4 Å². The van der Waals surface area contributed by atoms with Gasteiger partial charge in [-0.1, -0.05) is 63.6 Å². The Morgan fingerprint density at radius 2 is 1.51 bits per heavy atom. The number of para-hydroxylation sites is 2. The van der Waals surface area contributed by atoms with Gasteiger partial charge >= 0.3 is 5.97 Å². The van der Waals surface area contributed by atoms with Gasteiger partial charge in [-0.15, -0.1) is 0 Å². The molecule has 4 rings (SSSR count). The monoisotopic (exact) mass is 496 g/mol. The summed E-state index contributed by atoms with van der Waals surface area (Å²) in [6.07, 6.45) is 4.99. The Bertz CT molecular complexity index is 1330. The van der Waals surface area contributed by atoms with Crippen LogP contribution in [-0.4, -0.2) is 17.6 Å². The van der Waals surface area contributed by atoms with Crippen molar-refractivity contribution in [1.29, 1.82) is 0 Å². The smallest absolute Gasteiger partial charge is 0.361 e. The van der Waals surface area contributed by atoms with Gasteiger partial charge < -0.3 is 10.2 Å². The average Bonchev–Trinajstić information content (AvgIpc) is 3.25. The van der Waals surface area contributed by atoms with Crippen LogP contribution in [0.4, 0.5) is 17.1 Å². The van der Waals surface area contributed by atoms with Crippen molar-refractivity contribution in [2.45, 2.75) is 46.5 Å². The molecule has 3 aromatic carbocycles. The van der Waals surface area contributed by atoms with E-state index in [9.17, 15) is 9.59 Å². The number of carbonyl (C=O) groups excluding carboxylic acids is 2. The molecule has 1 aliphatic heterocycles. The minimum atomic E-state index is -0.514. The van der Waals surface area contributed by atoms with Crippen LogP contribution in [0, 0.1) is 0 Å². The lowest BCUT2D eigenvalue weighted by Crippen LogP contribution is -2.22. The minimum absolute atomic E-state index is 0.210. The third kappa shape index (κ3) is 5.89. The molecule has 0 atom stereocenters. The molecule has 0 bridgehead atoms. The van der Waals surface area contributed by atoms with Crippen molar-refractivity contribution in [3.8, 4) is 0 Å². The van der Waals surface area contributed by atoms with E-state index in [0.717, 1.165) is 41.9 Å². The van der Waals surface area contributed by atoms with Crippen molar-refractivity contribution in [2.75, 3.05) is 15.8 Å². The number of anilines is 3. The predicted octanol–water partition coefficient (Wildman–Crippen LogP) is 6.49. The molecule has 1 heterocycles. The van der Waals surface area contributed by atoms with E-state index in [-0.39, 0.29) is 5.91 Å². The molecular weight excluding hydrogens is 464 g/mol. The molecule has 1 aliphatic rings. The first kappa shape index (κ1) is 25.7. The minimum Gasteiger partial charge on any atom is -0.361 e. The molecular formula is C30H32N4O3. The normalized spacial score (nSPS) is 14.0. The topological polar surface area (TPSA) is 83.0 Å². The van der Waals surface area contributed by atoms with Gasteiger partial charge in [0.2, 0.25) is 0 Å². The number of nitrogens with one attached hydrogen (secondary N) is 2. The van der Waals surface area contributed by atoms with Crippen LogP contribution in [0.2, 0.25) is 0 Å². The molecule has 0 unspecified atom stereocenters. The van der Waals surface area contributed by atoms with Crippen molar-refractivity contribution in [2.24, 2.45) is 5.10 Å². The fraction of sp³-hybridized carbons (Fsp3) is 0.233. The first-order valence-corrected chi connectivity index (χ1v) is 12.7. The Morgan fingerprint density at radius 1 is 0.892 bits per heavy atom. The van der Waals surface area contributed by atoms with E-state index < -0.39 is 5.97 Å². The van der Waals surface area contributed by atoms with Crippen molar-refractivity contribution in [3.05, 3.63) is 101 Å². The summed E-state index contributed by atoms with van der Waals surface area (Å²) in [5.74, 6) is -0.724. The van der Waals surface area contributed by atoms with Gasteiger partial charge in [0, 0.05) is 11.9 Å². The van der Waals surface area contributed by atoms with Gasteiger partial charge in [-0.25, -0.2) is 10.3 Å². The van der Waals surface area contributed by atoms with E-state index in [0.29, 0.717) is 23.2 Å². The third-order valence-corrected chi connectivity index (χ3v) is 6.21. The maximum Gasteiger partial charge on any atom is 0.362 e. The van der Waals surface area contributed by atoms with Crippen LogP contribution < -0.4 is 15.8 Å². The van der Waals surface area contributed by atoms with E-state index >= 15 is 0 Å². The van der Waals surface area contributed by atoms with E-state index in [1.807, 2.05) is 49.4 Å². The Balaban J connectivity index is 1.47. The molecule has 0 saturated heterocycles. The zero-order valence-corrected chi connectivity index (χ0v) is 21.5. The standard InChI is InChI=1S/C30H32N4O3/c1-4-11-28-25(20-31-26-14-9-7-12-21(26)5-2)29(35)34(32-28)24-18-16-23(17-19-24)30(36)37-33-27-15-10-8-13-22(27)6-3/h7-10,12-20,31,33H,4-6,11H2,1-3H3. The Labute approximate surface area is 217 Å². The lowest BCUT2D eigenvalue weighted by atomic mass is 10.1. The summed E-state index contributed by atoms with van der Waals surface area (Å²) in [5, 5.41) is 9.28. The number of rotatable bonds is 10. The van der Waals surface area contributed by atoms with E-state index in [1.165, 1.54) is 10.6 Å². The van der Waals surface area contributed by atoms with Crippen LogP contribution in [0.15, 0.2) is 89.7 Å². The number of carbonyl (C=O) groups is 2. The Morgan fingerprint density at radius 3 is 2.16 bits per heavy atom. The highest BCUT2D eigenvalue weighted by atomic mass is 16.7. The van der Waals surface area contributed by atoms with Gasteiger partial charge in [-0.2, -0.15) is 10.1 Å². The summed E-state index contributed by atoms with van der Waals surface area (Å²) in [6.45, 7) is 6.19. The zero-order chi connectivity index (χ0) is 26.2. The number of hydrazone groups is 1. The van der Waals surface area contributed by atoms with Crippen LogP contribution in [-0.2, 0) is 22.5 Å². The van der Waals surface area contributed by atoms with Crippen molar-refractivity contribution in [1.82, 2.24) is 0 Å². The summed E-state index contributed by atoms with van der Waals surface area (Å²) >= 11 is 0. The van der Waals surface area contributed by atoms with Crippen LogP contribution in [0.25, 0.3) is 0 Å². The van der Waals surface area contributed by atoms with Crippen LogP contribution in [0.3, 0.4) is 0 Å². The SMILES string of the molecule is CCCC1=NN(c2ccc(C(=O)ONc3ccccc3CC)cc2)C(=O)C1=CNc1ccccc1CC. The van der Waals surface area contributed by atoms with E-state index in [4.69, 9.17) is 4.84 Å². The number of nitrogens with zero attached hydrogens (tertiary/aromatic N) is 2. The summed E-state index contributed by atoms with van der Waals surface area (Å²) in [5.41, 5.74) is 8.91. The maximum absolute atomic E-state index is 13.3. The summed E-state index contributed by atoms with van der Waals surface area (Å²) in [6, 6.07) is 22.4. The second kappa shape index (κ2) is 12.0. The Kier molecular flexibility index (Phi) is 8.36. The van der Waals surface area contributed by atoms with E-state index in [2.05, 4.69) is 35.8 Å². The van der Waals surface area contributed by atoms with Gasteiger partial charge in [0.15, 0.2) is 0 Å². The molecule has 0 aliphatic carbocycles. The van der Waals surface area contributed by atoms with Gasteiger partial charge in [-0.05, 0) is 66.8 Å². The second-order valence-electron chi connectivity index (χ2n) is 8.68. The second-order valence-corrected chi connectivity index (χ2v) is 8.68. The third-order valence-electron chi connectivity index (χ3n) is 6.21. The summed E-state index contributed by atoms with van der Waals surface area (Å²) in [4.78, 5) is 31.2. The van der Waals surface area contributed by atoms with Crippen LogP contribution in [0.5, 0.6) is 0 Å².